The molecule has 0 aliphatic carbocycles. The number of aryl methyl sites for hydroxylation is 1. The van der Waals surface area contributed by atoms with E-state index >= 15 is 0 Å². The molecule has 0 bridgehead atoms. The topological polar surface area (TPSA) is 51.0 Å². The maximum Gasteiger partial charge on any atom is 0.237 e. The molecule has 0 saturated carbocycles. The van der Waals surface area contributed by atoms with Crippen molar-refractivity contribution in [1.82, 2.24) is 14.8 Å². The van der Waals surface area contributed by atoms with Crippen LogP contribution in [0.2, 0.25) is 0 Å². The highest BCUT2D eigenvalue weighted by atomic mass is 32.2. The number of hydrogen-bond acceptors (Lipinski definition) is 5. The first-order valence-corrected chi connectivity index (χ1v) is 11.8. The molecular weight excluding hydrogens is 400 g/mol. The van der Waals surface area contributed by atoms with Crippen molar-refractivity contribution in [3.05, 3.63) is 54.1 Å². The van der Waals surface area contributed by atoms with Gasteiger partial charge in [0.1, 0.15) is 0 Å². The van der Waals surface area contributed by atoms with Crippen LogP contribution in [0.15, 0.2) is 58.6 Å². The molecule has 7 heteroatoms. The van der Waals surface area contributed by atoms with E-state index in [0.29, 0.717) is 5.75 Å². The lowest BCUT2D eigenvalue weighted by molar-refractivity contribution is -0.116. The lowest BCUT2D eigenvalue weighted by Crippen LogP contribution is -2.36. The van der Waals surface area contributed by atoms with E-state index in [0.717, 1.165) is 47.5 Å². The molecule has 0 N–H and O–H groups in total. The Morgan fingerprint density at radius 1 is 1.17 bits per heavy atom. The Labute approximate surface area is 179 Å². The van der Waals surface area contributed by atoms with Crippen molar-refractivity contribution in [1.29, 1.82) is 0 Å². The van der Waals surface area contributed by atoms with Gasteiger partial charge in [0.05, 0.1) is 11.4 Å². The van der Waals surface area contributed by atoms with E-state index in [9.17, 15) is 4.79 Å². The molecule has 5 nitrogen and oxygen atoms in total. The van der Waals surface area contributed by atoms with Crippen LogP contribution in [-0.4, -0.2) is 38.7 Å². The predicted molar refractivity (Wildman–Crippen MR) is 121 cm³/mol. The summed E-state index contributed by atoms with van der Waals surface area (Å²) in [7, 11) is 0. The summed E-state index contributed by atoms with van der Waals surface area (Å²) in [5.41, 5.74) is 3.27. The largest absolute Gasteiger partial charge is 0.310 e. The van der Waals surface area contributed by atoms with Gasteiger partial charge in [0.25, 0.3) is 0 Å². The van der Waals surface area contributed by atoms with Crippen LogP contribution in [0.3, 0.4) is 0 Å². The van der Waals surface area contributed by atoms with Gasteiger partial charge in [-0.05, 0) is 31.5 Å². The zero-order chi connectivity index (χ0) is 20.2. The number of aromatic nitrogens is 3. The summed E-state index contributed by atoms with van der Waals surface area (Å²) in [5, 5.41) is 9.64. The second-order valence-electron chi connectivity index (χ2n) is 6.98. The molecule has 2 heterocycles. The summed E-state index contributed by atoms with van der Waals surface area (Å²) in [6, 6.07) is 16.4. The summed E-state index contributed by atoms with van der Waals surface area (Å²) in [6.45, 7) is 5.79. The van der Waals surface area contributed by atoms with Gasteiger partial charge in [-0.3, -0.25) is 4.79 Å². The number of para-hydroxylation sites is 1. The SMILES string of the molecule is CCCn1c(SCC(=O)N2CCSc3ccccc32)nnc1-c1cccc(C)c1. The Balaban J connectivity index is 1.52. The van der Waals surface area contributed by atoms with Crippen LogP contribution in [0.1, 0.15) is 18.9 Å². The number of nitrogens with zero attached hydrogens (tertiary/aromatic N) is 4. The molecule has 1 aliphatic heterocycles. The van der Waals surface area contributed by atoms with Crippen molar-refractivity contribution in [2.45, 2.75) is 36.9 Å². The normalized spacial score (nSPS) is 13.4. The van der Waals surface area contributed by atoms with Crippen molar-refractivity contribution in [2.75, 3.05) is 23.0 Å². The zero-order valence-corrected chi connectivity index (χ0v) is 18.3. The number of amides is 1. The molecule has 2 aromatic carbocycles. The number of thioether (sulfide) groups is 2. The van der Waals surface area contributed by atoms with Gasteiger partial charge >= 0.3 is 0 Å². The molecule has 0 unspecified atom stereocenters. The average Bonchev–Trinajstić information content (AvgIpc) is 3.14. The molecule has 29 heavy (non-hydrogen) atoms. The summed E-state index contributed by atoms with van der Waals surface area (Å²) in [6.07, 6.45) is 0.981. The Morgan fingerprint density at radius 3 is 2.86 bits per heavy atom. The van der Waals surface area contributed by atoms with Crippen LogP contribution in [0.4, 0.5) is 5.69 Å². The van der Waals surface area contributed by atoms with E-state index in [1.807, 2.05) is 40.9 Å². The third-order valence-corrected chi connectivity index (χ3v) is 6.79. The second kappa shape index (κ2) is 9.05. The summed E-state index contributed by atoms with van der Waals surface area (Å²) in [5.74, 6) is 2.27. The number of benzene rings is 2. The molecule has 1 amide bonds. The molecule has 1 aromatic heterocycles. The molecule has 0 radical (unpaired) electrons. The van der Waals surface area contributed by atoms with Crippen molar-refractivity contribution < 1.29 is 4.79 Å². The van der Waals surface area contributed by atoms with Gasteiger partial charge in [-0.1, -0.05) is 54.6 Å². The number of anilines is 1. The van der Waals surface area contributed by atoms with Crippen molar-refractivity contribution in [2.24, 2.45) is 0 Å². The smallest absolute Gasteiger partial charge is 0.237 e. The Morgan fingerprint density at radius 2 is 2.03 bits per heavy atom. The highest BCUT2D eigenvalue weighted by Crippen LogP contribution is 2.35. The molecular formula is C22H24N4OS2. The van der Waals surface area contributed by atoms with E-state index in [-0.39, 0.29) is 5.91 Å². The number of rotatable bonds is 6. The fourth-order valence-electron chi connectivity index (χ4n) is 3.45. The van der Waals surface area contributed by atoms with Gasteiger partial charge in [-0.25, -0.2) is 0 Å². The minimum absolute atomic E-state index is 0.117. The molecule has 1 aliphatic rings. The van der Waals surface area contributed by atoms with E-state index < -0.39 is 0 Å². The average molecular weight is 425 g/mol. The number of carbonyl (C=O) groups is 1. The molecule has 150 valence electrons. The number of carbonyl (C=O) groups excluding carboxylic acids is 1. The van der Waals surface area contributed by atoms with Gasteiger partial charge in [0.2, 0.25) is 5.91 Å². The fraction of sp³-hybridized carbons (Fsp3) is 0.318. The van der Waals surface area contributed by atoms with Crippen molar-refractivity contribution in [3.63, 3.8) is 0 Å². The summed E-state index contributed by atoms with van der Waals surface area (Å²) in [4.78, 5) is 16.0. The Kier molecular flexibility index (Phi) is 6.25. The minimum atomic E-state index is 0.117. The van der Waals surface area contributed by atoms with Gasteiger partial charge in [-0.15, -0.1) is 22.0 Å². The van der Waals surface area contributed by atoms with Gasteiger partial charge < -0.3 is 9.47 Å². The van der Waals surface area contributed by atoms with Crippen LogP contribution in [-0.2, 0) is 11.3 Å². The quantitative estimate of drug-likeness (QED) is 0.527. The first-order valence-electron chi connectivity index (χ1n) is 9.82. The lowest BCUT2D eigenvalue weighted by atomic mass is 10.1. The fourth-order valence-corrected chi connectivity index (χ4v) is 5.29. The van der Waals surface area contributed by atoms with Crippen LogP contribution in [0.5, 0.6) is 0 Å². The van der Waals surface area contributed by atoms with Crippen LogP contribution < -0.4 is 4.90 Å². The van der Waals surface area contributed by atoms with E-state index in [1.54, 1.807) is 0 Å². The van der Waals surface area contributed by atoms with Crippen LogP contribution in [0.25, 0.3) is 11.4 Å². The second-order valence-corrected chi connectivity index (χ2v) is 9.06. The van der Waals surface area contributed by atoms with E-state index in [2.05, 4.69) is 52.9 Å². The van der Waals surface area contributed by atoms with E-state index in [4.69, 9.17) is 0 Å². The highest BCUT2D eigenvalue weighted by Gasteiger charge is 2.23. The lowest BCUT2D eigenvalue weighted by Gasteiger charge is -2.28. The molecule has 0 fully saturated rings. The first kappa shape index (κ1) is 20.0. The maximum atomic E-state index is 13.0. The third-order valence-electron chi connectivity index (χ3n) is 4.79. The van der Waals surface area contributed by atoms with Crippen LogP contribution in [0, 0.1) is 6.92 Å². The van der Waals surface area contributed by atoms with Crippen molar-refractivity contribution in [3.8, 4) is 11.4 Å². The van der Waals surface area contributed by atoms with Gasteiger partial charge in [0.15, 0.2) is 11.0 Å². The molecule has 0 saturated heterocycles. The Bertz CT molecular complexity index is 1020. The molecule has 3 aromatic rings. The molecule has 4 rings (SSSR count). The first-order chi connectivity index (χ1) is 14.2. The standard InChI is InChI=1S/C22H24N4OS2/c1-3-11-26-21(17-8-6-7-16(2)14-17)23-24-22(26)29-15-20(27)25-12-13-28-19-10-5-4-9-18(19)25/h4-10,14H,3,11-13,15H2,1-2H3. The predicted octanol–water partition coefficient (Wildman–Crippen LogP) is 4.89. The monoisotopic (exact) mass is 424 g/mol. The van der Waals surface area contributed by atoms with E-state index in [1.165, 1.54) is 22.2 Å². The van der Waals surface area contributed by atoms with Gasteiger partial charge in [-0.2, -0.15) is 0 Å². The van der Waals surface area contributed by atoms with Crippen molar-refractivity contribution >= 4 is 35.1 Å². The van der Waals surface area contributed by atoms with Crippen LogP contribution >= 0.6 is 23.5 Å². The molecule has 0 spiro atoms. The third kappa shape index (κ3) is 4.36. The summed E-state index contributed by atoms with van der Waals surface area (Å²) < 4.78 is 2.13. The number of fused-ring (bicyclic) bond motifs is 1. The Hall–Kier alpha value is -2.25. The number of hydrogen-bond donors (Lipinski definition) is 0. The summed E-state index contributed by atoms with van der Waals surface area (Å²) >= 11 is 3.28. The zero-order valence-electron chi connectivity index (χ0n) is 16.7. The highest BCUT2D eigenvalue weighted by molar-refractivity contribution is 8.00. The van der Waals surface area contributed by atoms with Gasteiger partial charge in [0, 0.05) is 29.3 Å². The maximum absolute atomic E-state index is 13.0. The molecule has 0 atom stereocenters. The minimum Gasteiger partial charge on any atom is -0.310 e.